The molecule has 3 heterocycles. The van der Waals surface area contributed by atoms with Crippen LogP contribution in [-0.4, -0.2) is 83.3 Å². The number of aromatic nitrogens is 1. The van der Waals surface area contributed by atoms with E-state index in [1.165, 1.54) is 32.8 Å². The highest BCUT2D eigenvalue weighted by Gasteiger charge is 2.48. The molecule has 0 unspecified atom stereocenters. The number of amides is 2. The van der Waals surface area contributed by atoms with E-state index >= 15 is 0 Å². The van der Waals surface area contributed by atoms with Crippen LogP contribution in [0.25, 0.3) is 10.9 Å². The molecule has 2 amide bonds. The number of piperazine rings is 1. The second-order valence-electron chi connectivity index (χ2n) is 11.3. The van der Waals surface area contributed by atoms with Gasteiger partial charge in [0, 0.05) is 29.6 Å². The minimum absolute atomic E-state index is 0.0189. The molecule has 41 heavy (non-hydrogen) atoms. The maximum absolute atomic E-state index is 14.0. The lowest BCUT2D eigenvalue weighted by atomic mass is 9.86. The summed E-state index contributed by atoms with van der Waals surface area (Å²) < 4.78 is 4.87. The maximum atomic E-state index is 14.0. The van der Waals surface area contributed by atoms with Crippen LogP contribution in [-0.2, 0) is 20.7 Å². The molecule has 0 radical (unpaired) electrons. The van der Waals surface area contributed by atoms with Gasteiger partial charge in [0.05, 0.1) is 25.3 Å². The van der Waals surface area contributed by atoms with E-state index in [1.807, 2.05) is 30.3 Å². The summed E-state index contributed by atoms with van der Waals surface area (Å²) in [5.74, 6) is -0.438. The predicted molar refractivity (Wildman–Crippen MR) is 160 cm³/mol. The molecule has 0 bridgehead atoms. The molecule has 1 saturated heterocycles. The topological polar surface area (TPSA) is 85.9 Å². The standard InChI is InChI=1S/C33H42N4O4/c1-4-6-17-35(18-7-5-2)19-10-20-36-22-29(38)37-28(32(36)39)21-26-25-11-8-9-12-27(25)34-30(26)31(37)23-13-15-24(16-14-23)33(40)41-3/h8-9,11-16,28,31,34H,4-7,10,17-22H2,1-3H3/t28-,31-/m0/s1. The molecule has 8 nitrogen and oxygen atoms in total. The molecule has 1 fully saturated rings. The third-order valence-corrected chi connectivity index (χ3v) is 8.55. The first-order chi connectivity index (χ1) is 20.0. The molecule has 2 aliphatic rings. The number of benzene rings is 2. The highest BCUT2D eigenvalue weighted by atomic mass is 16.5. The quantitative estimate of drug-likeness (QED) is 0.319. The van der Waals surface area contributed by atoms with Crippen molar-refractivity contribution in [3.8, 4) is 0 Å². The fourth-order valence-corrected chi connectivity index (χ4v) is 6.36. The Morgan fingerprint density at radius 1 is 0.976 bits per heavy atom. The van der Waals surface area contributed by atoms with Crippen molar-refractivity contribution < 1.29 is 19.1 Å². The Balaban J connectivity index is 1.41. The number of nitrogens with one attached hydrogen (secondary N) is 1. The normalized spacial score (nSPS) is 18.6. The van der Waals surface area contributed by atoms with Crippen molar-refractivity contribution in [2.45, 2.75) is 64.5 Å². The number of carbonyl (C=O) groups excluding carboxylic acids is 3. The minimum Gasteiger partial charge on any atom is -0.465 e. The number of unbranched alkanes of at least 4 members (excludes halogenated alkanes) is 2. The average Bonchev–Trinajstić information content (AvgIpc) is 3.37. The Bertz CT molecular complexity index is 1370. The second kappa shape index (κ2) is 12.9. The predicted octanol–water partition coefficient (Wildman–Crippen LogP) is 4.93. The van der Waals surface area contributed by atoms with E-state index in [0.29, 0.717) is 18.5 Å². The first-order valence-electron chi connectivity index (χ1n) is 15.1. The molecule has 2 aliphatic heterocycles. The van der Waals surface area contributed by atoms with Gasteiger partial charge in [0.2, 0.25) is 11.8 Å². The minimum atomic E-state index is -0.565. The highest BCUT2D eigenvalue weighted by molar-refractivity contribution is 5.97. The van der Waals surface area contributed by atoms with E-state index < -0.39 is 18.1 Å². The molecular weight excluding hydrogens is 516 g/mol. The Kier molecular flexibility index (Phi) is 9.08. The molecule has 0 spiro atoms. The Labute approximate surface area is 242 Å². The number of hydrogen-bond acceptors (Lipinski definition) is 5. The van der Waals surface area contributed by atoms with Crippen LogP contribution in [0.3, 0.4) is 0 Å². The number of para-hydroxylation sites is 1. The zero-order chi connectivity index (χ0) is 28.9. The largest absolute Gasteiger partial charge is 0.465 e. The number of methoxy groups -OCH3 is 1. The van der Waals surface area contributed by atoms with E-state index in [2.05, 4.69) is 29.8 Å². The van der Waals surface area contributed by atoms with Crippen molar-refractivity contribution >= 4 is 28.7 Å². The molecule has 2 aromatic carbocycles. The number of nitrogens with zero attached hydrogens (tertiary/aromatic N) is 3. The molecule has 8 heteroatoms. The number of H-pyrrole nitrogens is 1. The lowest BCUT2D eigenvalue weighted by Crippen LogP contribution is -2.63. The third-order valence-electron chi connectivity index (χ3n) is 8.55. The van der Waals surface area contributed by atoms with E-state index in [9.17, 15) is 14.4 Å². The second-order valence-corrected chi connectivity index (χ2v) is 11.3. The number of aromatic amines is 1. The molecule has 2 atom stereocenters. The van der Waals surface area contributed by atoms with Gasteiger partial charge in [-0.3, -0.25) is 9.59 Å². The Hall–Kier alpha value is -3.65. The highest BCUT2D eigenvalue weighted by Crippen LogP contribution is 2.42. The molecule has 218 valence electrons. The molecule has 5 rings (SSSR count). The number of esters is 1. The zero-order valence-electron chi connectivity index (χ0n) is 24.5. The summed E-state index contributed by atoms with van der Waals surface area (Å²) in [6.07, 6.45) is 6.03. The summed E-state index contributed by atoms with van der Waals surface area (Å²) in [6, 6.07) is 14.3. The number of carbonyl (C=O) groups is 3. The molecule has 0 saturated carbocycles. The summed E-state index contributed by atoms with van der Waals surface area (Å²) >= 11 is 0. The third kappa shape index (κ3) is 5.89. The van der Waals surface area contributed by atoms with E-state index in [-0.39, 0.29) is 18.4 Å². The zero-order valence-corrected chi connectivity index (χ0v) is 24.5. The SMILES string of the molecule is CCCCN(CCCC)CCCN1CC(=O)N2[C@@H](c3ccc(C(=O)OC)cc3)c3[nH]c4ccccc4c3C[C@H]2C1=O. The van der Waals surface area contributed by atoms with Crippen molar-refractivity contribution in [3.05, 3.63) is 70.9 Å². The lowest BCUT2D eigenvalue weighted by molar-refractivity contribution is -0.158. The van der Waals surface area contributed by atoms with Gasteiger partial charge in [-0.15, -0.1) is 0 Å². The van der Waals surface area contributed by atoms with Crippen LogP contribution in [0.2, 0.25) is 0 Å². The van der Waals surface area contributed by atoms with E-state index in [0.717, 1.165) is 53.8 Å². The van der Waals surface area contributed by atoms with Gasteiger partial charge in [0.15, 0.2) is 0 Å². The van der Waals surface area contributed by atoms with Crippen molar-refractivity contribution in [3.63, 3.8) is 0 Å². The van der Waals surface area contributed by atoms with Crippen LogP contribution >= 0.6 is 0 Å². The summed E-state index contributed by atoms with van der Waals surface area (Å²) in [5.41, 5.74) is 4.30. The molecule has 3 aromatic rings. The Morgan fingerprint density at radius 2 is 1.66 bits per heavy atom. The maximum Gasteiger partial charge on any atom is 0.337 e. The Morgan fingerprint density at radius 3 is 2.34 bits per heavy atom. The monoisotopic (exact) mass is 558 g/mol. The number of rotatable bonds is 12. The van der Waals surface area contributed by atoms with E-state index in [1.54, 1.807) is 21.9 Å². The van der Waals surface area contributed by atoms with Gasteiger partial charge in [-0.25, -0.2) is 4.79 Å². The van der Waals surface area contributed by atoms with Crippen LogP contribution in [0, 0.1) is 0 Å². The fourth-order valence-electron chi connectivity index (χ4n) is 6.36. The van der Waals surface area contributed by atoms with Gasteiger partial charge in [0.1, 0.15) is 6.04 Å². The van der Waals surface area contributed by atoms with Gasteiger partial charge < -0.3 is 24.4 Å². The first kappa shape index (κ1) is 28.9. The molecule has 1 aromatic heterocycles. The van der Waals surface area contributed by atoms with Crippen LogP contribution < -0.4 is 0 Å². The average molecular weight is 559 g/mol. The van der Waals surface area contributed by atoms with Crippen LogP contribution in [0.15, 0.2) is 48.5 Å². The fraction of sp³-hybridized carbons (Fsp3) is 0.485. The number of fused-ring (bicyclic) bond motifs is 4. The van der Waals surface area contributed by atoms with Gasteiger partial charge in [-0.1, -0.05) is 57.0 Å². The van der Waals surface area contributed by atoms with Gasteiger partial charge >= 0.3 is 5.97 Å². The smallest absolute Gasteiger partial charge is 0.337 e. The molecular formula is C33H42N4O4. The van der Waals surface area contributed by atoms with Crippen LogP contribution in [0.4, 0.5) is 0 Å². The van der Waals surface area contributed by atoms with Gasteiger partial charge in [-0.2, -0.15) is 0 Å². The van der Waals surface area contributed by atoms with Gasteiger partial charge in [0.25, 0.3) is 0 Å². The van der Waals surface area contributed by atoms with Crippen molar-refractivity contribution in [2.24, 2.45) is 0 Å². The first-order valence-corrected chi connectivity index (χ1v) is 15.1. The summed E-state index contributed by atoms with van der Waals surface area (Å²) in [4.78, 5) is 49.5. The van der Waals surface area contributed by atoms with Gasteiger partial charge in [-0.05, 0) is 68.2 Å². The van der Waals surface area contributed by atoms with Crippen LogP contribution in [0.1, 0.15) is 79.2 Å². The van der Waals surface area contributed by atoms with Crippen molar-refractivity contribution in [1.82, 2.24) is 19.7 Å². The number of ether oxygens (including phenoxy) is 1. The van der Waals surface area contributed by atoms with Crippen molar-refractivity contribution in [1.29, 1.82) is 0 Å². The lowest BCUT2D eigenvalue weighted by Gasteiger charge is -2.47. The molecule has 0 aliphatic carbocycles. The van der Waals surface area contributed by atoms with Crippen molar-refractivity contribution in [2.75, 3.05) is 39.8 Å². The summed E-state index contributed by atoms with van der Waals surface area (Å²) in [7, 11) is 1.36. The molecule has 1 N–H and O–H groups in total. The summed E-state index contributed by atoms with van der Waals surface area (Å²) in [6.45, 7) is 8.21. The van der Waals surface area contributed by atoms with E-state index in [4.69, 9.17) is 4.74 Å². The summed E-state index contributed by atoms with van der Waals surface area (Å²) in [5, 5.41) is 1.08. The number of hydrogen-bond donors (Lipinski definition) is 1. The van der Waals surface area contributed by atoms with Crippen LogP contribution in [0.5, 0.6) is 0 Å².